The lowest BCUT2D eigenvalue weighted by atomic mass is 9.79. The summed E-state index contributed by atoms with van der Waals surface area (Å²) in [6.07, 6.45) is 0. The zero-order valence-corrected chi connectivity index (χ0v) is 28.6. The molecule has 0 saturated heterocycles. The Morgan fingerprint density at radius 1 is 0.420 bits per heavy atom. The molecule has 0 radical (unpaired) electrons. The third kappa shape index (κ3) is 5.04. The van der Waals surface area contributed by atoms with Gasteiger partial charge in [-0.05, 0) is 116 Å². The topological polar surface area (TPSA) is 8.17 Å². The van der Waals surface area contributed by atoms with E-state index in [1.165, 1.54) is 60.0 Å². The fraction of sp³-hybridized carbons (Fsp3) is 0.0833. The number of anilines is 3. The van der Waals surface area contributed by atoms with E-state index in [0.717, 1.165) is 22.7 Å². The molecular formula is C48H38N2. The SMILES string of the molecule is CC(C)(C)c1ccc2cc3ccccc3cc2c1-c1ccc(N(c2ccccc2)c2ccc(-n3c4ccccc4c4ccccc43)cc2)cc1. The van der Waals surface area contributed by atoms with Gasteiger partial charge in [-0.25, -0.2) is 0 Å². The Hall–Kier alpha value is -6.12. The fourth-order valence-corrected chi connectivity index (χ4v) is 7.70. The minimum Gasteiger partial charge on any atom is -0.311 e. The molecule has 240 valence electrons. The first-order valence-electron chi connectivity index (χ1n) is 17.4. The minimum atomic E-state index is -0.0119. The lowest BCUT2D eigenvalue weighted by molar-refractivity contribution is 0.593. The van der Waals surface area contributed by atoms with Gasteiger partial charge in [-0.1, -0.05) is 124 Å². The van der Waals surface area contributed by atoms with E-state index < -0.39 is 0 Å². The molecule has 0 amide bonds. The number of hydrogen-bond acceptors (Lipinski definition) is 1. The number of para-hydroxylation sites is 3. The van der Waals surface area contributed by atoms with Crippen molar-refractivity contribution < 1.29 is 0 Å². The molecule has 0 atom stereocenters. The molecule has 0 unspecified atom stereocenters. The van der Waals surface area contributed by atoms with Crippen molar-refractivity contribution in [2.24, 2.45) is 0 Å². The summed E-state index contributed by atoms with van der Waals surface area (Å²) in [7, 11) is 0. The van der Waals surface area contributed by atoms with Crippen LogP contribution in [0.25, 0.3) is 60.2 Å². The summed E-state index contributed by atoms with van der Waals surface area (Å²) in [6, 6.07) is 64.1. The third-order valence-electron chi connectivity index (χ3n) is 10.1. The maximum atomic E-state index is 2.37. The first-order valence-corrected chi connectivity index (χ1v) is 17.4. The third-order valence-corrected chi connectivity index (χ3v) is 10.1. The van der Waals surface area contributed by atoms with Gasteiger partial charge in [0, 0.05) is 33.5 Å². The van der Waals surface area contributed by atoms with Crippen molar-refractivity contribution in [3.8, 4) is 16.8 Å². The molecule has 0 fully saturated rings. The van der Waals surface area contributed by atoms with Crippen LogP contribution in [0.1, 0.15) is 26.3 Å². The second-order valence-corrected chi connectivity index (χ2v) is 14.3. The van der Waals surface area contributed by atoms with Gasteiger partial charge in [0.1, 0.15) is 0 Å². The van der Waals surface area contributed by atoms with E-state index in [-0.39, 0.29) is 5.41 Å². The highest BCUT2D eigenvalue weighted by atomic mass is 15.1. The number of rotatable bonds is 5. The van der Waals surface area contributed by atoms with Crippen molar-refractivity contribution in [1.29, 1.82) is 0 Å². The molecule has 2 nitrogen and oxygen atoms in total. The van der Waals surface area contributed by atoms with Crippen molar-refractivity contribution >= 4 is 60.4 Å². The molecule has 0 saturated carbocycles. The van der Waals surface area contributed by atoms with Crippen LogP contribution in [0.5, 0.6) is 0 Å². The maximum absolute atomic E-state index is 2.37. The predicted octanol–water partition coefficient (Wildman–Crippen LogP) is 13.5. The second-order valence-electron chi connectivity index (χ2n) is 14.3. The van der Waals surface area contributed by atoms with E-state index >= 15 is 0 Å². The Labute approximate surface area is 293 Å². The van der Waals surface area contributed by atoms with Crippen molar-refractivity contribution in [2.45, 2.75) is 26.2 Å². The zero-order chi connectivity index (χ0) is 33.8. The fourth-order valence-electron chi connectivity index (χ4n) is 7.70. The van der Waals surface area contributed by atoms with E-state index in [4.69, 9.17) is 0 Å². The molecule has 0 bridgehead atoms. The monoisotopic (exact) mass is 642 g/mol. The van der Waals surface area contributed by atoms with E-state index in [1.807, 2.05) is 0 Å². The highest BCUT2D eigenvalue weighted by molar-refractivity contribution is 6.09. The molecular weight excluding hydrogens is 605 g/mol. The van der Waals surface area contributed by atoms with Gasteiger partial charge >= 0.3 is 0 Å². The van der Waals surface area contributed by atoms with Crippen LogP contribution in [-0.2, 0) is 5.41 Å². The van der Waals surface area contributed by atoms with Gasteiger partial charge in [0.25, 0.3) is 0 Å². The Bertz CT molecular complexity index is 2600. The molecule has 0 aliphatic carbocycles. The molecule has 50 heavy (non-hydrogen) atoms. The molecule has 0 aliphatic rings. The van der Waals surface area contributed by atoms with E-state index in [9.17, 15) is 0 Å². The van der Waals surface area contributed by atoms with Crippen LogP contribution in [0.3, 0.4) is 0 Å². The van der Waals surface area contributed by atoms with Gasteiger partial charge in [-0.3, -0.25) is 0 Å². The lowest BCUT2D eigenvalue weighted by Crippen LogP contribution is -2.13. The summed E-state index contributed by atoms with van der Waals surface area (Å²) in [5.41, 5.74) is 10.8. The highest BCUT2D eigenvalue weighted by Crippen LogP contribution is 2.42. The van der Waals surface area contributed by atoms with Gasteiger partial charge < -0.3 is 9.47 Å². The number of hydrogen-bond donors (Lipinski definition) is 0. The van der Waals surface area contributed by atoms with Crippen molar-refractivity contribution in [1.82, 2.24) is 4.57 Å². The number of nitrogens with zero attached hydrogens (tertiary/aromatic N) is 2. The van der Waals surface area contributed by atoms with Crippen molar-refractivity contribution in [3.05, 3.63) is 181 Å². The second kappa shape index (κ2) is 11.8. The lowest BCUT2D eigenvalue weighted by Gasteiger charge is -2.27. The van der Waals surface area contributed by atoms with Crippen LogP contribution in [0.2, 0.25) is 0 Å². The van der Waals surface area contributed by atoms with Gasteiger partial charge in [0.15, 0.2) is 0 Å². The molecule has 1 aromatic heterocycles. The maximum Gasteiger partial charge on any atom is 0.0541 e. The first-order chi connectivity index (χ1) is 24.4. The van der Waals surface area contributed by atoms with Gasteiger partial charge in [-0.2, -0.15) is 0 Å². The first kappa shape index (κ1) is 30.0. The molecule has 9 rings (SSSR count). The smallest absolute Gasteiger partial charge is 0.0541 e. The quantitative estimate of drug-likeness (QED) is 0.170. The molecule has 0 spiro atoms. The normalized spacial score (nSPS) is 11.9. The summed E-state index contributed by atoms with van der Waals surface area (Å²) in [5.74, 6) is 0. The van der Waals surface area contributed by atoms with E-state index in [2.05, 4.69) is 206 Å². The zero-order valence-electron chi connectivity index (χ0n) is 28.6. The van der Waals surface area contributed by atoms with E-state index in [0.29, 0.717) is 0 Å². The summed E-state index contributed by atoms with van der Waals surface area (Å²) >= 11 is 0. The van der Waals surface area contributed by atoms with Crippen LogP contribution in [0.15, 0.2) is 176 Å². The molecule has 9 aromatic rings. The minimum absolute atomic E-state index is 0.0119. The standard InChI is InChI=1S/C48H38N2/c1-48(2,3)44-30-23-36-31-34-13-7-8-14-35(34)32-43(36)47(44)33-21-24-38(25-22-33)49(37-15-5-4-6-16-37)39-26-28-40(29-27-39)50-45-19-11-9-17-41(45)42-18-10-12-20-46(42)50/h4-32H,1-3H3. The average molecular weight is 643 g/mol. The summed E-state index contributed by atoms with van der Waals surface area (Å²) in [4.78, 5) is 2.35. The van der Waals surface area contributed by atoms with Crippen LogP contribution in [0.4, 0.5) is 17.1 Å². The van der Waals surface area contributed by atoms with Gasteiger partial charge in [0.05, 0.1) is 11.0 Å². The average Bonchev–Trinajstić information content (AvgIpc) is 3.49. The summed E-state index contributed by atoms with van der Waals surface area (Å²) in [6.45, 7) is 6.94. The number of fused-ring (bicyclic) bond motifs is 5. The highest BCUT2D eigenvalue weighted by Gasteiger charge is 2.22. The summed E-state index contributed by atoms with van der Waals surface area (Å²) in [5, 5.41) is 7.64. The molecule has 0 N–H and O–H groups in total. The Morgan fingerprint density at radius 2 is 0.940 bits per heavy atom. The molecule has 0 aliphatic heterocycles. The molecule has 1 heterocycles. The van der Waals surface area contributed by atoms with Crippen LogP contribution in [0, 0.1) is 0 Å². The molecule has 2 heteroatoms. The number of aromatic nitrogens is 1. The Balaban J connectivity index is 1.16. The van der Waals surface area contributed by atoms with Crippen LogP contribution in [-0.4, -0.2) is 4.57 Å². The Morgan fingerprint density at radius 3 is 1.56 bits per heavy atom. The molecule has 8 aromatic carbocycles. The van der Waals surface area contributed by atoms with E-state index in [1.54, 1.807) is 0 Å². The van der Waals surface area contributed by atoms with Crippen LogP contribution >= 0.6 is 0 Å². The van der Waals surface area contributed by atoms with Crippen molar-refractivity contribution in [2.75, 3.05) is 4.90 Å². The van der Waals surface area contributed by atoms with Gasteiger partial charge in [-0.15, -0.1) is 0 Å². The largest absolute Gasteiger partial charge is 0.311 e. The predicted molar refractivity (Wildman–Crippen MR) is 215 cm³/mol. The number of benzene rings is 8. The van der Waals surface area contributed by atoms with Crippen molar-refractivity contribution in [3.63, 3.8) is 0 Å². The van der Waals surface area contributed by atoms with Crippen LogP contribution < -0.4 is 4.90 Å². The Kier molecular flexibility index (Phi) is 7.07. The van der Waals surface area contributed by atoms with Gasteiger partial charge in [0.2, 0.25) is 0 Å². The summed E-state index contributed by atoms with van der Waals surface area (Å²) < 4.78 is 2.37.